The van der Waals surface area contributed by atoms with Crippen molar-refractivity contribution in [3.63, 3.8) is 0 Å². The fourth-order valence-electron chi connectivity index (χ4n) is 0.333. The van der Waals surface area contributed by atoms with Gasteiger partial charge in [0.15, 0.2) is 0 Å². The predicted molar refractivity (Wildman–Crippen MR) is 38.6 cm³/mol. The van der Waals surface area contributed by atoms with Crippen molar-refractivity contribution in [1.29, 1.82) is 0 Å². The fourth-order valence-corrected chi connectivity index (χ4v) is 0.425. The normalized spacial score (nSPS) is 7.67. The highest BCUT2D eigenvalue weighted by atomic mass is 32.1. The number of thiocarbonyl (C=S) groups is 1. The zero-order valence-corrected chi connectivity index (χ0v) is 5.99. The molecule has 0 saturated carbocycles. The van der Waals surface area contributed by atoms with Gasteiger partial charge >= 0.3 is 0 Å². The quantitative estimate of drug-likeness (QED) is 0.350. The molecule has 0 bridgehead atoms. The molecule has 0 aromatic rings. The molecule has 1 N–H and O–H groups in total. The van der Waals surface area contributed by atoms with E-state index in [9.17, 15) is 4.79 Å². The number of carbonyl (C=O) groups excluding carboxylic acids is 1. The first-order valence-electron chi connectivity index (χ1n) is 2.55. The van der Waals surface area contributed by atoms with Crippen molar-refractivity contribution in [2.45, 2.75) is 6.92 Å². The van der Waals surface area contributed by atoms with E-state index in [0.29, 0.717) is 13.1 Å². The number of rotatable bonds is 3. The lowest BCUT2D eigenvalue weighted by molar-refractivity contribution is -0.118. The summed E-state index contributed by atoms with van der Waals surface area (Å²) in [6.45, 7) is 2.52. The first-order chi connectivity index (χ1) is 4.27. The predicted octanol–water partition coefficient (Wildman–Crippen LogP) is 0.225. The summed E-state index contributed by atoms with van der Waals surface area (Å²) in [4.78, 5) is 13.8. The Balaban J connectivity index is 3.10. The second kappa shape index (κ2) is 5.41. The van der Waals surface area contributed by atoms with Crippen molar-refractivity contribution in [2.24, 2.45) is 4.99 Å². The summed E-state index contributed by atoms with van der Waals surface area (Å²) < 4.78 is 0. The third-order valence-electron chi connectivity index (χ3n) is 0.662. The summed E-state index contributed by atoms with van der Waals surface area (Å²) in [6.07, 6.45) is 0. The third kappa shape index (κ3) is 7.27. The minimum Gasteiger partial charge on any atom is -0.354 e. The van der Waals surface area contributed by atoms with Gasteiger partial charge in [0.1, 0.15) is 0 Å². The molecule has 0 heterocycles. The molecule has 0 saturated heterocycles. The molecule has 0 aliphatic rings. The van der Waals surface area contributed by atoms with Crippen LogP contribution in [0.2, 0.25) is 0 Å². The number of carbonyl (C=O) groups is 1. The Labute approximate surface area is 59.2 Å². The van der Waals surface area contributed by atoms with Gasteiger partial charge in [-0.05, 0) is 12.2 Å². The Hall–Kier alpha value is -0.730. The number of amides is 1. The SMILES string of the molecule is CC(=O)NCCN=C=S. The first kappa shape index (κ1) is 8.27. The molecule has 0 aliphatic heterocycles. The van der Waals surface area contributed by atoms with Crippen molar-refractivity contribution in [2.75, 3.05) is 13.1 Å². The number of hydrogen-bond donors (Lipinski definition) is 1. The van der Waals surface area contributed by atoms with E-state index in [0.717, 1.165) is 0 Å². The molecule has 0 aliphatic carbocycles. The van der Waals surface area contributed by atoms with E-state index in [1.807, 2.05) is 0 Å². The molecule has 0 aromatic heterocycles. The maximum Gasteiger partial charge on any atom is 0.216 e. The summed E-state index contributed by atoms with van der Waals surface area (Å²) in [5.74, 6) is -0.0467. The molecule has 0 atom stereocenters. The van der Waals surface area contributed by atoms with Gasteiger partial charge in [-0.15, -0.1) is 0 Å². The van der Waals surface area contributed by atoms with E-state index in [1.165, 1.54) is 6.92 Å². The van der Waals surface area contributed by atoms with Crippen LogP contribution in [0, 0.1) is 0 Å². The van der Waals surface area contributed by atoms with Crippen LogP contribution in [0.5, 0.6) is 0 Å². The number of hydrogen-bond acceptors (Lipinski definition) is 3. The summed E-state index contributed by atoms with van der Waals surface area (Å²) in [5, 5.41) is 4.76. The number of aliphatic imine (C=N–C) groups is 1. The van der Waals surface area contributed by atoms with Crippen molar-refractivity contribution < 1.29 is 4.79 Å². The zero-order chi connectivity index (χ0) is 7.11. The molecule has 0 spiro atoms. The van der Waals surface area contributed by atoms with Crippen molar-refractivity contribution in [3.8, 4) is 0 Å². The van der Waals surface area contributed by atoms with E-state index >= 15 is 0 Å². The van der Waals surface area contributed by atoms with Crippen LogP contribution >= 0.6 is 12.2 Å². The monoisotopic (exact) mass is 144 g/mol. The van der Waals surface area contributed by atoms with Crippen molar-refractivity contribution >= 4 is 23.3 Å². The van der Waals surface area contributed by atoms with Gasteiger partial charge in [-0.25, -0.2) is 4.99 Å². The Morgan fingerprint density at radius 3 is 3.00 bits per heavy atom. The van der Waals surface area contributed by atoms with E-state index in [4.69, 9.17) is 0 Å². The van der Waals surface area contributed by atoms with E-state index in [-0.39, 0.29) is 5.91 Å². The van der Waals surface area contributed by atoms with Crippen LogP contribution in [0.15, 0.2) is 4.99 Å². The maximum atomic E-state index is 10.2. The molecule has 4 heteroatoms. The molecular formula is C5H8N2OS. The second-order valence-corrected chi connectivity index (χ2v) is 1.64. The second-order valence-electron chi connectivity index (χ2n) is 1.46. The topological polar surface area (TPSA) is 41.5 Å². The molecule has 9 heavy (non-hydrogen) atoms. The van der Waals surface area contributed by atoms with E-state index < -0.39 is 0 Å². The van der Waals surface area contributed by atoms with Crippen molar-refractivity contribution in [1.82, 2.24) is 5.32 Å². The maximum absolute atomic E-state index is 10.2. The summed E-state index contributed by atoms with van der Waals surface area (Å²) in [5.41, 5.74) is 0. The van der Waals surface area contributed by atoms with E-state index in [2.05, 4.69) is 27.7 Å². The lowest BCUT2D eigenvalue weighted by atomic mass is 10.6. The molecule has 0 radical (unpaired) electrons. The Kier molecular flexibility index (Phi) is 4.97. The molecular weight excluding hydrogens is 136 g/mol. The van der Waals surface area contributed by atoms with Gasteiger partial charge in [0.25, 0.3) is 0 Å². The third-order valence-corrected chi connectivity index (χ3v) is 0.791. The number of isothiocyanates is 1. The average molecular weight is 144 g/mol. The molecule has 0 aromatic carbocycles. The van der Waals surface area contributed by atoms with Crippen LogP contribution in [0.25, 0.3) is 0 Å². The van der Waals surface area contributed by atoms with Gasteiger partial charge in [0.2, 0.25) is 5.91 Å². The molecule has 0 fully saturated rings. The molecule has 1 amide bonds. The minimum atomic E-state index is -0.0467. The minimum absolute atomic E-state index is 0.0467. The van der Waals surface area contributed by atoms with Gasteiger partial charge in [-0.3, -0.25) is 4.79 Å². The van der Waals surface area contributed by atoms with Crippen LogP contribution < -0.4 is 5.32 Å². The summed E-state index contributed by atoms with van der Waals surface area (Å²) in [7, 11) is 0. The van der Waals surface area contributed by atoms with Gasteiger partial charge in [0.05, 0.1) is 11.7 Å². The standard InChI is InChI=1S/C5H8N2OS/c1-5(8)7-3-2-6-4-9/h2-3H2,1H3,(H,7,8). The number of nitrogens with one attached hydrogen (secondary N) is 1. The lowest BCUT2D eigenvalue weighted by Gasteiger charge is -1.93. The molecule has 0 rings (SSSR count). The van der Waals surface area contributed by atoms with Gasteiger partial charge in [-0.2, -0.15) is 0 Å². The van der Waals surface area contributed by atoms with Gasteiger partial charge in [-0.1, -0.05) is 0 Å². The van der Waals surface area contributed by atoms with Crippen LogP contribution in [0.4, 0.5) is 0 Å². The first-order valence-corrected chi connectivity index (χ1v) is 2.96. The summed E-state index contributed by atoms with van der Waals surface area (Å²) in [6, 6.07) is 0. The molecule has 50 valence electrons. The number of nitrogens with zero attached hydrogens (tertiary/aromatic N) is 1. The highest BCUT2D eigenvalue weighted by Gasteiger charge is 1.85. The molecule has 3 nitrogen and oxygen atoms in total. The smallest absolute Gasteiger partial charge is 0.216 e. The largest absolute Gasteiger partial charge is 0.354 e. The Bertz CT molecular complexity index is 138. The lowest BCUT2D eigenvalue weighted by Crippen LogP contribution is -2.22. The summed E-state index contributed by atoms with van der Waals surface area (Å²) >= 11 is 4.30. The highest BCUT2D eigenvalue weighted by Crippen LogP contribution is 1.64. The highest BCUT2D eigenvalue weighted by molar-refractivity contribution is 7.78. The van der Waals surface area contributed by atoms with Crippen LogP contribution in [-0.4, -0.2) is 24.2 Å². The van der Waals surface area contributed by atoms with Gasteiger partial charge < -0.3 is 5.32 Å². The van der Waals surface area contributed by atoms with Crippen LogP contribution in [-0.2, 0) is 4.79 Å². The Morgan fingerprint density at radius 1 is 1.89 bits per heavy atom. The van der Waals surface area contributed by atoms with Crippen LogP contribution in [0.3, 0.4) is 0 Å². The molecule has 0 unspecified atom stereocenters. The average Bonchev–Trinajstić information content (AvgIpc) is 1.80. The van der Waals surface area contributed by atoms with Crippen LogP contribution in [0.1, 0.15) is 6.92 Å². The Morgan fingerprint density at radius 2 is 2.56 bits per heavy atom. The van der Waals surface area contributed by atoms with Gasteiger partial charge in [0, 0.05) is 13.5 Å². The van der Waals surface area contributed by atoms with E-state index in [1.54, 1.807) is 0 Å². The zero-order valence-electron chi connectivity index (χ0n) is 5.18. The fraction of sp³-hybridized carbons (Fsp3) is 0.600. The van der Waals surface area contributed by atoms with Crippen molar-refractivity contribution in [3.05, 3.63) is 0 Å².